The summed E-state index contributed by atoms with van der Waals surface area (Å²) in [5.41, 5.74) is 13.4. The number of urea groups is 1. The van der Waals surface area contributed by atoms with Crippen LogP contribution in [0.1, 0.15) is 20.8 Å². The number of hydrogen-bond acceptors (Lipinski definition) is 4. The maximum Gasteiger partial charge on any atom is 0.316 e. The molecule has 0 aliphatic rings. The zero-order valence-corrected chi connectivity index (χ0v) is 15.0. The van der Waals surface area contributed by atoms with E-state index < -0.39 is 11.9 Å². The third-order valence-corrected chi connectivity index (χ3v) is 4.02. The number of aromatic nitrogens is 2. The van der Waals surface area contributed by atoms with E-state index in [-0.39, 0.29) is 17.3 Å². The first kappa shape index (κ1) is 18.6. The van der Waals surface area contributed by atoms with E-state index >= 15 is 0 Å². The lowest BCUT2D eigenvalue weighted by molar-refractivity contribution is 0.0961. The van der Waals surface area contributed by atoms with Gasteiger partial charge in [-0.25, -0.2) is 9.48 Å². The van der Waals surface area contributed by atoms with E-state index in [1.165, 1.54) is 10.9 Å². The van der Waals surface area contributed by atoms with Crippen molar-refractivity contribution in [2.24, 2.45) is 11.5 Å². The Balaban J connectivity index is 1.96. The van der Waals surface area contributed by atoms with Gasteiger partial charge in [0.05, 0.1) is 17.6 Å². The maximum atomic E-state index is 11.7. The molecule has 0 saturated heterocycles. The van der Waals surface area contributed by atoms with Crippen LogP contribution in [0.25, 0.3) is 16.8 Å². The van der Waals surface area contributed by atoms with Crippen molar-refractivity contribution in [1.82, 2.24) is 15.1 Å². The Morgan fingerprint density at radius 3 is 2.32 bits per heavy atom. The van der Waals surface area contributed by atoms with Crippen molar-refractivity contribution >= 4 is 23.5 Å². The smallest absolute Gasteiger partial charge is 0.316 e. The molecule has 28 heavy (non-hydrogen) atoms. The van der Waals surface area contributed by atoms with Crippen molar-refractivity contribution in [3.63, 3.8) is 0 Å². The molecule has 3 rings (SSSR count). The summed E-state index contributed by atoms with van der Waals surface area (Å²) in [6, 6.07) is 13.7. The molecule has 0 unspecified atom stereocenters. The molecule has 0 atom stereocenters. The number of primary amides is 2. The van der Waals surface area contributed by atoms with Gasteiger partial charge in [-0.3, -0.25) is 9.59 Å². The Labute approximate surface area is 160 Å². The lowest BCUT2D eigenvalue weighted by Gasteiger charge is -2.07. The molecule has 0 fully saturated rings. The first-order valence-electron chi connectivity index (χ1n) is 8.28. The van der Waals surface area contributed by atoms with Crippen LogP contribution in [0.3, 0.4) is 0 Å². The zero-order chi connectivity index (χ0) is 20.3. The number of nitrogens with one attached hydrogen (secondary N) is 2. The third kappa shape index (κ3) is 3.83. The third-order valence-electron chi connectivity index (χ3n) is 4.02. The molecule has 9 heteroatoms. The van der Waals surface area contributed by atoms with Crippen molar-refractivity contribution < 1.29 is 14.4 Å². The minimum atomic E-state index is -0.827. The summed E-state index contributed by atoms with van der Waals surface area (Å²) >= 11 is 0. The van der Waals surface area contributed by atoms with Gasteiger partial charge < -0.3 is 22.1 Å². The van der Waals surface area contributed by atoms with Gasteiger partial charge in [0.15, 0.2) is 5.69 Å². The number of nitrogens with zero attached hydrogens (tertiary/aromatic N) is 2. The summed E-state index contributed by atoms with van der Waals surface area (Å²) in [5, 5.41) is 9.04. The molecule has 6 N–H and O–H groups in total. The van der Waals surface area contributed by atoms with E-state index in [2.05, 4.69) is 15.7 Å². The van der Waals surface area contributed by atoms with E-state index in [1.54, 1.807) is 25.2 Å². The fourth-order valence-electron chi connectivity index (χ4n) is 2.70. The second-order valence-electron chi connectivity index (χ2n) is 5.90. The highest BCUT2D eigenvalue weighted by atomic mass is 16.2. The minimum Gasteiger partial charge on any atom is -0.364 e. The summed E-state index contributed by atoms with van der Waals surface area (Å²) in [7, 11) is 1.57. The highest BCUT2D eigenvalue weighted by Gasteiger charge is 2.16. The number of rotatable bonds is 5. The van der Waals surface area contributed by atoms with Gasteiger partial charge in [0.1, 0.15) is 0 Å². The van der Waals surface area contributed by atoms with Crippen LogP contribution in [0.4, 0.5) is 10.5 Å². The van der Waals surface area contributed by atoms with E-state index in [4.69, 9.17) is 11.5 Å². The van der Waals surface area contributed by atoms with E-state index in [0.29, 0.717) is 11.3 Å². The lowest BCUT2D eigenvalue weighted by Crippen LogP contribution is -2.22. The van der Waals surface area contributed by atoms with Crippen LogP contribution < -0.4 is 22.1 Å². The second-order valence-corrected chi connectivity index (χ2v) is 5.90. The fourth-order valence-corrected chi connectivity index (χ4v) is 2.70. The molecule has 0 spiro atoms. The molecule has 0 radical (unpaired) electrons. The summed E-state index contributed by atoms with van der Waals surface area (Å²) < 4.78 is 1.42. The van der Waals surface area contributed by atoms with Gasteiger partial charge in [-0.15, -0.1) is 0 Å². The summed E-state index contributed by atoms with van der Waals surface area (Å²) in [6.07, 6.45) is 1.46. The zero-order valence-electron chi connectivity index (χ0n) is 15.0. The number of nitrogens with two attached hydrogens (primary N) is 2. The average molecular weight is 378 g/mol. The fraction of sp³-hybridized carbons (Fsp3) is 0.0526. The van der Waals surface area contributed by atoms with E-state index in [1.807, 2.05) is 30.3 Å². The largest absolute Gasteiger partial charge is 0.364 e. The second kappa shape index (κ2) is 7.62. The van der Waals surface area contributed by atoms with E-state index in [9.17, 15) is 14.4 Å². The highest BCUT2D eigenvalue weighted by molar-refractivity contribution is 6.00. The first-order valence-corrected chi connectivity index (χ1v) is 8.28. The Morgan fingerprint density at radius 2 is 1.71 bits per heavy atom. The maximum absolute atomic E-state index is 11.7. The van der Waals surface area contributed by atoms with Crippen molar-refractivity contribution in [3.05, 3.63) is 66.0 Å². The Kier molecular flexibility index (Phi) is 5.07. The topological polar surface area (TPSA) is 145 Å². The van der Waals surface area contributed by atoms with Gasteiger partial charge in [0, 0.05) is 12.6 Å². The number of amides is 4. The summed E-state index contributed by atoms with van der Waals surface area (Å²) in [4.78, 5) is 34.4. The number of hydrogen-bond donors (Lipinski definition) is 4. The van der Waals surface area contributed by atoms with Crippen LogP contribution in [0.15, 0.2) is 54.7 Å². The van der Waals surface area contributed by atoms with Crippen molar-refractivity contribution in [2.75, 3.05) is 12.4 Å². The Bertz CT molecular complexity index is 1060. The van der Waals surface area contributed by atoms with Crippen LogP contribution in [0, 0.1) is 0 Å². The predicted octanol–water partition coefficient (Wildman–Crippen LogP) is 1.49. The van der Waals surface area contributed by atoms with Gasteiger partial charge in [0.2, 0.25) is 0 Å². The number of benzene rings is 2. The number of carbonyl (C=O) groups is 3. The number of anilines is 1. The molecule has 0 bridgehead atoms. The molecule has 0 saturated carbocycles. The standard InChI is InChI=1S/C19H18N6O3/c1-22-18(27)12-7-5-11(6-8-12)13-3-2-4-14(9-13)25-10-15(23-19(21)28)16(24-25)17(20)26/h2-10H,1H3,(H2,20,26)(H,22,27)(H3,21,23,28). The Hall–Kier alpha value is -4.14. The van der Waals surface area contributed by atoms with Crippen LogP contribution in [-0.2, 0) is 0 Å². The van der Waals surface area contributed by atoms with Crippen LogP contribution in [-0.4, -0.2) is 34.7 Å². The molecule has 0 aliphatic carbocycles. The molecule has 142 valence electrons. The van der Waals surface area contributed by atoms with Gasteiger partial charge >= 0.3 is 6.03 Å². The Morgan fingerprint density at radius 1 is 1.00 bits per heavy atom. The van der Waals surface area contributed by atoms with Crippen molar-refractivity contribution in [1.29, 1.82) is 0 Å². The molecule has 1 aromatic heterocycles. The average Bonchev–Trinajstić information content (AvgIpc) is 3.11. The predicted molar refractivity (Wildman–Crippen MR) is 104 cm³/mol. The van der Waals surface area contributed by atoms with Gasteiger partial charge in [0.25, 0.3) is 11.8 Å². The summed E-state index contributed by atoms with van der Waals surface area (Å²) in [5.74, 6) is -0.950. The molecule has 9 nitrogen and oxygen atoms in total. The molecule has 1 heterocycles. The van der Waals surface area contributed by atoms with E-state index in [0.717, 1.165) is 11.1 Å². The number of carbonyl (C=O) groups excluding carboxylic acids is 3. The van der Waals surface area contributed by atoms with Gasteiger partial charge in [-0.2, -0.15) is 5.10 Å². The van der Waals surface area contributed by atoms with Gasteiger partial charge in [-0.1, -0.05) is 24.3 Å². The van der Waals surface area contributed by atoms with Crippen LogP contribution in [0.5, 0.6) is 0 Å². The molecule has 3 aromatic rings. The van der Waals surface area contributed by atoms with Crippen LogP contribution >= 0.6 is 0 Å². The molecular weight excluding hydrogens is 360 g/mol. The lowest BCUT2D eigenvalue weighted by atomic mass is 10.0. The SMILES string of the molecule is CNC(=O)c1ccc(-c2cccc(-n3cc(NC(N)=O)c(C(N)=O)n3)c2)cc1. The molecule has 0 aliphatic heterocycles. The summed E-state index contributed by atoms with van der Waals surface area (Å²) in [6.45, 7) is 0. The monoisotopic (exact) mass is 378 g/mol. The van der Waals surface area contributed by atoms with Crippen LogP contribution in [0.2, 0.25) is 0 Å². The normalized spacial score (nSPS) is 10.3. The van der Waals surface area contributed by atoms with Crippen molar-refractivity contribution in [2.45, 2.75) is 0 Å². The first-order chi connectivity index (χ1) is 13.4. The highest BCUT2D eigenvalue weighted by Crippen LogP contribution is 2.24. The molecule has 4 amide bonds. The van der Waals surface area contributed by atoms with Gasteiger partial charge in [-0.05, 0) is 35.4 Å². The van der Waals surface area contributed by atoms with Crippen molar-refractivity contribution in [3.8, 4) is 16.8 Å². The quantitative estimate of drug-likeness (QED) is 0.533. The molecular formula is C19H18N6O3. The minimum absolute atomic E-state index is 0.0980. The molecule has 2 aromatic carbocycles.